The first kappa shape index (κ1) is 24.1. The summed E-state index contributed by atoms with van der Waals surface area (Å²) in [4.78, 5) is 27.8. The van der Waals surface area contributed by atoms with Crippen molar-refractivity contribution >= 4 is 28.4 Å². The maximum absolute atomic E-state index is 13.1. The Hall–Kier alpha value is -4.08. The van der Waals surface area contributed by atoms with Gasteiger partial charge in [-0.05, 0) is 55.7 Å². The molecule has 0 aliphatic carbocycles. The molecule has 0 bridgehead atoms. The van der Waals surface area contributed by atoms with Crippen LogP contribution in [0.1, 0.15) is 36.6 Å². The number of fused-ring (bicyclic) bond motifs is 1. The summed E-state index contributed by atoms with van der Waals surface area (Å²) >= 11 is 0. The van der Waals surface area contributed by atoms with Gasteiger partial charge in [0.2, 0.25) is 0 Å². The van der Waals surface area contributed by atoms with Crippen molar-refractivity contribution in [2.24, 2.45) is 0 Å². The monoisotopic (exact) mass is 483 g/mol. The third kappa shape index (κ3) is 5.21. The Balaban J connectivity index is 1.46. The Bertz CT molecular complexity index is 1400. The van der Waals surface area contributed by atoms with E-state index in [1.807, 2.05) is 42.9 Å². The first-order valence-corrected chi connectivity index (χ1v) is 10.9. The smallest absolute Gasteiger partial charge is 0.359 e. The quantitative estimate of drug-likeness (QED) is 0.341. The summed E-state index contributed by atoms with van der Waals surface area (Å²) in [6, 6.07) is 9.66. The molecular weight excluding hydrogens is 459 g/mol. The lowest BCUT2D eigenvalue weighted by Gasteiger charge is -2.12. The first-order chi connectivity index (χ1) is 16.5. The fourth-order valence-corrected chi connectivity index (χ4v) is 3.70. The van der Waals surface area contributed by atoms with Gasteiger partial charge in [-0.2, -0.15) is 18.3 Å². The Morgan fingerprint density at radius 1 is 1.09 bits per heavy atom. The van der Waals surface area contributed by atoms with Gasteiger partial charge in [-0.25, -0.2) is 0 Å². The van der Waals surface area contributed by atoms with Gasteiger partial charge in [0.1, 0.15) is 0 Å². The van der Waals surface area contributed by atoms with Crippen molar-refractivity contribution in [3.63, 3.8) is 0 Å². The van der Waals surface area contributed by atoms with E-state index >= 15 is 0 Å². The van der Waals surface area contributed by atoms with Gasteiger partial charge in [-0.15, -0.1) is 0 Å². The number of hydrogen-bond donors (Lipinski definition) is 3. The van der Waals surface area contributed by atoms with Gasteiger partial charge in [0, 0.05) is 41.4 Å². The highest BCUT2D eigenvalue weighted by Crippen LogP contribution is 2.32. The van der Waals surface area contributed by atoms with Crippen molar-refractivity contribution < 1.29 is 22.8 Å². The summed E-state index contributed by atoms with van der Waals surface area (Å²) in [5.74, 6) is -1.88. The number of benzene rings is 2. The van der Waals surface area contributed by atoms with Gasteiger partial charge >= 0.3 is 18.0 Å². The number of carbonyl (C=O) groups is 2. The summed E-state index contributed by atoms with van der Waals surface area (Å²) in [7, 11) is 0. The Kier molecular flexibility index (Phi) is 6.38. The molecular formula is C25H24F3N5O2. The Labute approximate surface area is 199 Å². The lowest BCUT2D eigenvalue weighted by atomic mass is 10.0. The maximum Gasteiger partial charge on any atom is 0.416 e. The molecule has 4 aromatic rings. The van der Waals surface area contributed by atoms with E-state index in [4.69, 9.17) is 0 Å². The summed E-state index contributed by atoms with van der Waals surface area (Å²) < 4.78 is 41.2. The van der Waals surface area contributed by atoms with Crippen LogP contribution in [0.2, 0.25) is 0 Å². The van der Waals surface area contributed by atoms with E-state index in [2.05, 4.69) is 20.7 Å². The minimum absolute atomic E-state index is 0.0839. The summed E-state index contributed by atoms with van der Waals surface area (Å²) in [5.41, 5.74) is 2.52. The summed E-state index contributed by atoms with van der Waals surface area (Å²) in [5, 5.41) is 9.98. The zero-order valence-electron chi connectivity index (χ0n) is 19.3. The fraction of sp³-hybridized carbons (Fsp3) is 0.240. The number of hydrogen-bond acceptors (Lipinski definition) is 3. The van der Waals surface area contributed by atoms with Crippen LogP contribution in [0, 0.1) is 6.92 Å². The van der Waals surface area contributed by atoms with Crippen LogP contribution < -0.4 is 10.6 Å². The number of alkyl halides is 3. The van der Waals surface area contributed by atoms with Gasteiger partial charge in [0.05, 0.1) is 17.4 Å². The molecule has 0 fully saturated rings. The topological polar surface area (TPSA) is 91.8 Å². The molecule has 35 heavy (non-hydrogen) atoms. The predicted octanol–water partition coefficient (Wildman–Crippen LogP) is 5.19. The number of halogens is 3. The second-order valence-electron chi connectivity index (χ2n) is 8.55. The lowest BCUT2D eigenvalue weighted by molar-refractivity contribution is -0.138. The van der Waals surface area contributed by atoms with E-state index in [1.54, 1.807) is 12.4 Å². The zero-order valence-corrected chi connectivity index (χ0v) is 19.3. The van der Waals surface area contributed by atoms with E-state index in [-0.39, 0.29) is 23.7 Å². The Morgan fingerprint density at radius 2 is 1.86 bits per heavy atom. The number of carbonyl (C=O) groups excluding carboxylic acids is 2. The van der Waals surface area contributed by atoms with Gasteiger partial charge in [0.25, 0.3) is 0 Å². The number of nitrogens with one attached hydrogen (secondary N) is 3. The van der Waals surface area contributed by atoms with Crippen LogP contribution in [0.4, 0.5) is 18.9 Å². The molecule has 0 saturated heterocycles. The second kappa shape index (κ2) is 9.28. The van der Waals surface area contributed by atoms with Gasteiger partial charge in [-0.3, -0.25) is 14.3 Å². The molecule has 0 unspecified atom stereocenters. The third-order valence-electron chi connectivity index (χ3n) is 5.66. The highest BCUT2D eigenvalue weighted by Gasteiger charge is 2.32. The highest BCUT2D eigenvalue weighted by molar-refractivity contribution is 6.40. The number of aromatic amines is 1. The van der Waals surface area contributed by atoms with Crippen LogP contribution >= 0.6 is 0 Å². The number of H-pyrrole nitrogens is 1. The molecule has 3 N–H and O–H groups in total. The van der Waals surface area contributed by atoms with Crippen molar-refractivity contribution in [3.05, 3.63) is 71.7 Å². The Morgan fingerprint density at radius 3 is 2.54 bits per heavy atom. The molecule has 182 valence electrons. The normalized spacial score (nSPS) is 11.7. The van der Waals surface area contributed by atoms with E-state index in [0.29, 0.717) is 11.1 Å². The average molecular weight is 483 g/mol. The van der Waals surface area contributed by atoms with Crippen molar-refractivity contribution in [2.45, 2.75) is 39.5 Å². The third-order valence-corrected chi connectivity index (χ3v) is 5.66. The minimum atomic E-state index is -4.50. The molecule has 7 nitrogen and oxygen atoms in total. The van der Waals surface area contributed by atoms with Gasteiger partial charge in [-0.1, -0.05) is 18.2 Å². The zero-order chi connectivity index (χ0) is 25.3. The van der Waals surface area contributed by atoms with Crippen molar-refractivity contribution in [1.29, 1.82) is 0 Å². The fourth-order valence-electron chi connectivity index (χ4n) is 3.70. The van der Waals surface area contributed by atoms with Crippen molar-refractivity contribution in [1.82, 2.24) is 20.1 Å². The van der Waals surface area contributed by atoms with Crippen LogP contribution in [-0.2, 0) is 22.3 Å². The average Bonchev–Trinajstić information content (AvgIpc) is 3.45. The molecule has 0 aliphatic rings. The minimum Gasteiger partial charge on any atom is -0.359 e. The van der Waals surface area contributed by atoms with Crippen LogP contribution in [0.25, 0.3) is 22.0 Å². The molecule has 0 radical (unpaired) electrons. The number of aromatic nitrogens is 3. The second-order valence-corrected chi connectivity index (χ2v) is 8.55. The largest absolute Gasteiger partial charge is 0.416 e. The van der Waals surface area contributed by atoms with Crippen LogP contribution in [0.5, 0.6) is 0 Å². The molecule has 0 spiro atoms. The summed E-state index contributed by atoms with van der Waals surface area (Å²) in [6.07, 6.45) is 0.768. The van der Waals surface area contributed by atoms with Crippen LogP contribution in [0.3, 0.4) is 0 Å². The maximum atomic E-state index is 13.1. The lowest BCUT2D eigenvalue weighted by Crippen LogP contribution is -2.35. The van der Waals surface area contributed by atoms with Gasteiger partial charge in [0.15, 0.2) is 0 Å². The highest BCUT2D eigenvalue weighted by atomic mass is 19.4. The summed E-state index contributed by atoms with van der Waals surface area (Å²) in [6.45, 7) is 5.20. The van der Waals surface area contributed by atoms with Crippen LogP contribution in [-0.4, -0.2) is 26.6 Å². The SMILES string of the molecule is Cc1ccc(CNC(=O)C(=O)Nc2c[nH]c3ccc(-c4cnn(C(C)C)c4)cc23)cc1C(F)(F)F. The van der Waals surface area contributed by atoms with Crippen LogP contribution in [0.15, 0.2) is 55.0 Å². The number of aryl methyl sites for hydroxylation is 1. The number of nitrogens with zero attached hydrogens (tertiary/aromatic N) is 2. The van der Waals surface area contributed by atoms with E-state index in [1.165, 1.54) is 19.1 Å². The molecule has 2 aromatic carbocycles. The number of rotatable bonds is 5. The standard InChI is InChI=1S/C25H24F3N5O2/c1-14(2)33-13-18(11-31-33)17-6-7-21-19(9-17)22(12-29-21)32-24(35)23(34)30-10-16-5-4-15(3)20(8-16)25(26,27)28/h4-9,11-14,29H,10H2,1-3H3,(H,30,34)(H,32,35). The molecule has 10 heteroatoms. The molecule has 4 rings (SSSR count). The van der Waals surface area contributed by atoms with Gasteiger partial charge < -0.3 is 15.6 Å². The van der Waals surface area contributed by atoms with E-state index < -0.39 is 23.6 Å². The molecule has 2 aromatic heterocycles. The molecule has 2 amide bonds. The molecule has 2 heterocycles. The number of anilines is 1. The molecule has 0 atom stereocenters. The van der Waals surface area contributed by atoms with Crippen molar-refractivity contribution in [3.8, 4) is 11.1 Å². The first-order valence-electron chi connectivity index (χ1n) is 10.9. The van der Waals surface area contributed by atoms with E-state index in [0.717, 1.165) is 22.7 Å². The predicted molar refractivity (Wildman–Crippen MR) is 127 cm³/mol. The molecule has 0 saturated carbocycles. The molecule has 0 aliphatic heterocycles. The number of amides is 2. The van der Waals surface area contributed by atoms with E-state index in [9.17, 15) is 22.8 Å². The van der Waals surface area contributed by atoms with Crippen molar-refractivity contribution in [2.75, 3.05) is 5.32 Å².